The van der Waals surface area contributed by atoms with E-state index in [0.29, 0.717) is 12.6 Å². The quantitative estimate of drug-likeness (QED) is 0.769. The Balaban J connectivity index is 2.53. The number of benzene rings is 1. The average molecular weight is 231 g/mol. The molecule has 1 aliphatic heterocycles. The van der Waals surface area contributed by atoms with Gasteiger partial charge in [0.15, 0.2) is 0 Å². The zero-order valence-electron chi connectivity index (χ0n) is 11.4. The second kappa shape index (κ2) is 4.44. The van der Waals surface area contributed by atoms with Crippen LogP contribution in [-0.2, 0) is 0 Å². The summed E-state index contributed by atoms with van der Waals surface area (Å²) in [6.45, 7) is 9.40. The van der Waals surface area contributed by atoms with Crippen LogP contribution in [0.4, 0.5) is 5.69 Å². The van der Waals surface area contributed by atoms with E-state index in [0.717, 1.165) is 5.75 Å². The van der Waals surface area contributed by atoms with Crippen molar-refractivity contribution in [1.29, 1.82) is 0 Å². The van der Waals surface area contributed by atoms with Gasteiger partial charge in [0.25, 0.3) is 0 Å². The molecule has 0 amide bonds. The predicted octanol–water partition coefficient (Wildman–Crippen LogP) is 3.72. The minimum absolute atomic E-state index is 0.473. The molecule has 2 heteroatoms. The number of allylic oxidation sites excluding steroid dienone is 1. The Hall–Kier alpha value is -1.44. The number of hydrogen-bond acceptors (Lipinski definition) is 2. The summed E-state index contributed by atoms with van der Waals surface area (Å²) in [4.78, 5) is 2.33. The van der Waals surface area contributed by atoms with E-state index in [1.54, 1.807) is 0 Å². The van der Waals surface area contributed by atoms with Gasteiger partial charge in [0.2, 0.25) is 0 Å². The van der Waals surface area contributed by atoms with Crippen LogP contribution in [0.3, 0.4) is 0 Å². The van der Waals surface area contributed by atoms with Crippen LogP contribution in [0.15, 0.2) is 23.8 Å². The summed E-state index contributed by atoms with van der Waals surface area (Å²) in [5.41, 5.74) is 5.42. The van der Waals surface area contributed by atoms with Crippen molar-refractivity contribution in [1.82, 2.24) is 0 Å². The van der Waals surface area contributed by atoms with E-state index in [1.165, 1.54) is 22.4 Å². The monoisotopic (exact) mass is 231 g/mol. The summed E-state index contributed by atoms with van der Waals surface area (Å²) in [5.74, 6) is 0.960. The SMILES string of the molecule is CCOc1ccc2c(c1)C(C)=C(C)C(C)N2C. The van der Waals surface area contributed by atoms with Crippen LogP contribution >= 0.6 is 0 Å². The molecule has 1 atom stereocenters. The molecule has 0 fully saturated rings. The fourth-order valence-corrected chi connectivity index (χ4v) is 2.40. The molecule has 0 radical (unpaired) electrons. The molecular formula is C15H21NO. The Morgan fingerprint density at radius 2 is 2.00 bits per heavy atom. The van der Waals surface area contributed by atoms with E-state index in [1.807, 2.05) is 6.92 Å². The summed E-state index contributed by atoms with van der Waals surface area (Å²) in [6, 6.07) is 6.84. The van der Waals surface area contributed by atoms with E-state index < -0.39 is 0 Å². The van der Waals surface area contributed by atoms with Gasteiger partial charge >= 0.3 is 0 Å². The van der Waals surface area contributed by atoms with E-state index in [9.17, 15) is 0 Å². The molecule has 1 aliphatic rings. The van der Waals surface area contributed by atoms with E-state index >= 15 is 0 Å². The molecule has 2 rings (SSSR count). The van der Waals surface area contributed by atoms with Gasteiger partial charge in [-0.1, -0.05) is 0 Å². The third-order valence-electron chi connectivity index (χ3n) is 3.86. The van der Waals surface area contributed by atoms with Crippen molar-refractivity contribution in [3.05, 3.63) is 29.3 Å². The van der Waals surface area contributed by atoms with Crippen LogP contribution in [0.5, 0.6) is 5.75 Å². The van der Waals surface area contributed by atoms with Crippen LogP contribution < -0.4 is 9.64 Å². The number of ether oxygens (including phenoxy) is 1. The van der Waals surface area contributed by atoms with Crippen LogP contribution in [0, 0.1) is 0 Å². The first-order valence-electron chi connectivity index (χ1n) is 6.23. The van der Waals surface area contributed by atoms with Gasteiger partial charge in [-0.3, -0.25) is 0 Å². The molecule has 0 saturated heterocycles. The standard InChI is InChI=1S/C15H21NO/c1-6-17-13-7-8-15-14(9-13)11(3)10(2)12(4)16(15)5/h7-9,12H,6H2,1-5H3. The highest BCUT2D eigenvalue weighted by molar-refractivity contribution is 5.82. The average Bonchev–Trinajstić information content (AvgIpc) is 2.34. The lowest BCUT2D eigenvalue weighted by atomic mass is 9.91. The van der Waals surface area contributed by atoms with E-state index in [2.05, 4.69) is 50.9 Å². The molecule has 1 unspecified atom stereocenters. The molecule has 0 N–H and O–H groups in total. The molecule has 1 aromatic rings. The van der Waals surface area contributed by atoms with Crippen molar-refractivity contribution in [2.24, 2.45) is 0 Å². The molecule has 1 heterocycles. The normalized spacial score (nSPS) is 19.4. The van der Waals surface area contributed by atoms with Gasteiger partial charge in [-0.05, 0) is 57.0 Å². The van der Waals surface area contributed by atoms with Crippen LogP contribution in [0.1, 0.15) is 33.3 Å². The van der Waals surface area contributed by atoms with Gasteiger partial charge < -0.3 is 9.64 Å². The van der Waals surface area contributed by atoms with Crippen molar-refractivity contribution in [2.45, 2.75) is 33.7 Å². The number of rotatable bonds is 2. The van der Waals surface area contributed by atoms with Gasteiger partial charge in [-0.25, -0.2) is 0 Å². The maximum atomic E-state index is 5.58. The third kappa shape index (κ3) is 1.92. The molecule has 0 aliphatic carbocycles. The Kier molecular flexibility index (Phi) is 3.14. The Morgan fingerprint density at radius 3 is 2.65 bits per heavy atom. The first-order valence-corrected chi connectivity index (χ1v) is 6.23. The molecular weight excluding hydrogens is 210 g/mol. The molecule has 0 saturated carbocycles. The molecule has 2 nitrogen and oxygen atoms in total. The first kappa shape index (κ1) is 12.0. The van der Waals surface area contributed by atoms with Crippen molar-refractivity contribution in [3.63, 3.8) is 0 Å². The molecule has 92 valence electrons. The second-order valence-corrected chi connectivity index (χ2v) is 4.71. The number of anilines is 1. The van der Waals surface area contributed by atoms with Crippen molar-refractivity contribution < 1.29 is 4.74 Å². The van der Waals surface area contributed by atoms with Gasteiger partial charge in [-0.15, -0.1) is 0 Å². The highest BCUT2D eigenvalue weighted by Crippen LogP contribution is 2.38. The Labute approximate surface area is 104 Å². The lowest BCUT2D eigenvalue weighted by molar-refractivity contribution is 0.340. The maximum Gasteiger partial charge on any atom is 0.120 e. The topological polar surface area (TPSA) is 12.5 Å². The lowest BCUT2D eigenvalue weighted by Crippen LogP contribution is -2.33. The highest BCUT2D eigenvalue weighted by atomic mass is 16.5. The minimum atomic E-state index is 0.473. The van der Waals surface area contributed by atoms with Gasteiger partial charge in [-0.2, -0.15) is 0 Å². The predicted molar refractivity (Wildman–Crippen MR) is 73.7 cm³/mol. The van der Waals surface area contributed by atoms with Crippen molar-refractivity contribution in [3.8, 4) is 5.75 Å². The molecule has 17 heavy (non-hydrogen) atoms. The highest BCUT2D eigenvalue weighted by Gasteiger charge is 2.23. The molecule has 0 aromatic heterocycles. The minimum Gasteiger partial charge on any atom is -0.494 e. The number of hydrogen-bond donors (Lipinski definition) is 0. The van der Waals surface area contributed by atoms with Crippen LogP contribution in [0.25, 0.3) is 5.57 Å². The van der Waals surface area contributed by atoms with Crippen LogP contribution in [-0.4, -0.2) is 19.7 Å². The molecule has 0 bridgehead atoms. The number of fused-ring (bicyclic) bond motifs is 1. The van der Waals surface area contributed by atoms with E-state index in [4.69, 9.17) is 4.74 Å². The zero-order chi connectivity index (χ0) is 12.6. The van der Waals surface area contributed by atoms with E-state index in [-0.39, 0.29) is 0 Å². The maximum absolute atomic E-state index is 5.58. The second-order valence-electron chi connectivity index (χ2n) is 4.71. The zero-order valence-corrected chi connectivity index (χ0v) is 11.4. The summed E-state index contributed by atoms with van der Waals surface area (Å²) in [7, 11) is 2.15. The summed E-state index contributed by atoms with van der Waals surface area (Å²) < 4.78 is 5.58. The Bertz CT molecular complexity index is 462. The van der Waals surface area contributed by atoms with Crippen molar-refractivity contribution in [2.75, 3.05) is 18.6 Å². The number of likely N-dealkylation sites (N-methyl/N-ethyl adjacent to an activating group) is 1. The fourth-order valence-electron chi connectivity index (χ4n) is 2.40. The Morgan fingerprint density at radius 1 is 1.29 bits per heavy atom. The largest absolute Gasteiger partial charge is 0.494 e. The van der Waals surface area contributed by atoms with Gasteiger partial charge in [0.1, 0.15) is 5.75 Å². The lowest BCUT2D eigenvalue weighted by Gasteiger charge is -2.35. The van der Waals surface area contributed by atoms with Gasteiger partial charge in [0, 0.05) is 24.3 Å². The fraction of sp³-hybridized carbons (Fsp3) is 0.467. The summed E-state index contributed by atoms with van der Waals surface area (Å²) in [5, 5.41) is 0. The number of nitrogens with zero attached hydrogens (tertiary/aromatic N) is 1. The van der Waals surface area contributed by atoms with Crippen LogP contribution in [0.2, 0.25) is 0 Å². The first-order chi connectivity index (χ1) is 8.06. The smallest absolute Gasteiger partial charge is 0.120 e. The summed E-state index contributed by atoms with van der Waals surface area (Å²) >= 11 is 0. The van der Waals surface area contributed by atoms with Crippen molar-refractivity contribution >= 4 is 11.3 Å². The third-order valence-corrected chi connectivity index (χ3v) is 3.86. The molecule has 0 spiro atoms. The van der Waals surface area contributed by atoms with Gasteiger partial charge in [0.05, 0.1) is 6.61 Å². The molecule has 1 aromatic carbocycles. The summed E-state index contributed by atoms with van der Waals surface area (Å²) in [6.07, 6.45) is 0.